The van der Waals surface area contributed by atoms with Crippen LogP contribution in [0.3, 0.4) is 0 Å². The van der Waals surface area contributed by atoms with Crippen molar-refractivity contribution in [1.82, 2.24) is 4.98 Å². The molecular weight excluding hydrogens is 299 g/mol. The van der Waals surface area contributed by atoms with Gasteiger partial charge in [0, 0.05) is 18.3 Å². The molecule has 0 amide bonds. The first-order chi connectivity index (χ1) is 11.2. The lowest BCUT2D eigenvalue weighted by molar-refractivity contribution is 0.111. The summed E-state index contributed by atoms with van der Waals surface area (Å²) in [6.45, 7) is 1.13. The maximum absolute atomic E-state index is 13.4. The number of hydrogen-bond acceptors (Lipinski definition) is 5. The summed E-state index contributed by atoms with van der Waals surface area (Å²) in [7, 11) is 0. The minimum absolute atomic E-state index is 0.114. The highest BCUT2D eigenvalue weighted by atomic mass is 19.1. The van der Waals surface area contributed by atoms with Crippen LogP contribution in [0.1, 0.15) is 22.3 Å². The Morgan fingerprint density at radius 2 is 2.26 bits per heavy atom. The van der Waals surface area contributed by atoms with Crippen LogP contribution < -0.4 is 9.64 Å². The highest BCUT2D eigenvalue weighted by Crippen LogP contribution is 2.28. The molecule has 1 fully saturated rings. The Hall–Kier alpha value is -2.63. The Labute approximate surface area is 133 Å². The second kappa shape index (κ2) is 6.64. The van der Waals surface area contributed by atoms with Gasteiger partial charge in [-0.3, -0.25) is 4.79 Å². The van der Waals surface area contributed by atoms with Gasteiger partial charge in [0.05, 0.1) is 12.1 Å². The maximum atomic E-state index is 13.4. The molecule has 0 spiro atoms. The van der Waals surface area contributed by atoms with E-state index < -0.39 is 6.17 Å². The van der Waals surface area contributed by atoms with Crippen molar-refractivity contribution in [2.24, 2.45) is 0 Å². The van der Waals surface area contributed by atoms with Crippen molar-refractivity contribution in [2.45, 2.75) is 19.2 Å². The van der Waals surface area contributed by atoms with E-state index in [4.69, 9.17) is 4.74 Å². The SMILES string of the molecule is O=Cc1c(O)cccc1OCc1cccnc1N1CC[C@H](F)C1. The molecule has 1 atom stereocenters. The van der Waals surface area contributed by atoms with Gasteiger partial charge >= 0.3 is 0 Å². The average molecular weight is 316 g/mol. The monoisotopic (exact) mass is 316 g/mol. The molecule has 1 N–H and O–H groups in total. The smallest absolute Gasteiger partial charge is 0.157 e. The number of halogens is 1. The molecule has 0 aliphatic carbocycles. The van der Waals surface area contributed by atoms with Crippen molar-refractivity contribution in [3.8, 4) is 11.5 Å². The number of nitrogens with zero attached hydrogens (tertiary/aromatic N) is 2. The number of phenolic OH excluding ortho intramolecular Hbond substituents is 1. The number of alkyl halides is 1. The van der Waals surface area contributed by atoms with Gasteiger partial charge in [-0.2, -0.15) is 0 Å². The summed E-state index contributed by atoms with van der Waals surface area (Å²) < 4.78 is 19.1. The number of carbonyl (C=O) groups excluding carboxylic acids is 1. The van der Waals surface area contributed by atoms with Crippen LogP contribution in [0.5, 0.6) is 11.5 Å². The molecule has 1 aromatic heterocycles. The fraction of sp³-hybridized carbons (Fsp3) is 0.294. The minimum atomic E-state index is -0.835. The van der Waals surface area contributed by atoms with E-state index in [1.807, 2.05) is 11.0 Å². The molecule has 1 saturated heterocycles. The molecule has 5 nitrogen and oxygen atoms in total. The average Bonchev–Trinajstić information content (AvgIpc) is 2.99. The summed E-state index contributed by atoms with van der Waals surface area (Å²) in [5.41, 5.74) is 0.921. The Bertz CT molecular complexity index is 708. The van der Waals surface area contributed by atoms with E-state index in [1.165, 1.54) is 6.07 Å². The summed E-state index contributed by atoms with van der Waals surface area (Å²) in [5, 5.41) is 9.67. The Morgan fingerprint density at radius 3 is 3.00 bits per heavy atom. The van der Waals surface area contributed by atoms with Crippen LogP contribution in [0.4, 0.5) is 10.2 Å². The zero-order valence-electron chi connectivity index (χ0n) is 12.5. The molecule has 0 unspecified atom stereocenters. The van der Waals surface area contributed by atoms with Gasteiger partial charge < -0.3 is 14.7 Å². The van der Waals surface area contributed by atoms with Crippen LogP contribution in [-0.4, -0.2) is 35.6 Å². The van der Waals surface area contributed by atoms with Crippen LogP contribution in [0.15, 0.2) is 36.5 Å². The standard InChI is InChI=1S/C17H17FN2O3/c18-13-6-8-20(9-13)17-12(3-2-7-19-17)11-23-16-5-1-4-15(22)14(16)10-21/h1-5,7,10,13,22H,6,8-9,11H2/t13-/m0/s1. The molecule has 6 heteroatoms. The van der Waals surface area contributed by atoms with Crippen molar-refractivity contribution in [3.05, 3.63) is 47.7 Å². The van der Waals surface area contributed by atoms with Crippen molar-refractivity contribution in [2.75, 3.05) is 18.0 Å². The van der Waals surface area contributed by atoms with E-state index in [2.05, 4.69) is 4.98 Å². The maximum Gasteiger partial charge on any atom is 0.157 e. The Balaban J connectivity index is 1.79. The zero-order valence-corrected chi connectivity index (χ0v) is 12.5. The van der Waals surface area contributed by atoms with Gasteiger partial charge in [-0.15, -0.1) is 0 Å². The fourth-order valence-corrected chi connectivity index (χ4v) is 2.67. The van der Waals surface area contributed by atoms with Gasteiger partial charge in [-0.1, -0.05) is 12.1 Å². The number of aromatic hydroxyl groups is 1. The number of carbonyl (C=O) groups is 1. The number of aromatic nitrogens is 1. The summed E-state index contributed by atoms with van der Waals surface area (Å²) in [6, 6.07) is 8.30. The molecule has 0 radical (unpaired) electrons. The summed E-state index contributed by atoms with van der Waals surface area (Å²) in [6.07, 6.45) is 1.88. The molecule has 0 saturated carbocycles. The van der Waals surface area contributed by atoms with E-state index in [0.717, 1.165) is 5.56 Å². The van der Waals surface area contributed by atoms with E-state index in [1.54, 1.807) is 24.4 Å². The third kappa shape index (κ3) is 3.26. The quantitative estimate of drug-likeness (QED) is 0.859. The third-order valence-electron chi connectivity index (χ3n) is 3.84. The first kappa shape index (κ1) is 15.3. The first-order valence-electron chi connectivity index (χ1n) is 7.42. The fourth-order valence-electron chi connectivity index (χ4n) is 2.67. The van der Waals surface area contributed by atoms with Crippen LogP contribution in [0, 0.1) is 0 Å². The van der Waals surface area contributed by atoms with Gasteiger partial charge in [0.1, 0.15) is 30.1 Å². The minimum Gasteiger partial charge on any atom is -0.507 e. The Kier molecular flexibility index (Phi) is 4.41. The predicted molar refractivity (Wildman–Crippen MR) is 83.8 cm³/mol. The molecule has 2 heterocycles. The van der Waals surface area contributed by atoms with Crippen molar-refractivity contribution in [1.29, 1.82) is 0 Å². The van der Waals surface area contributed by atoms with Crippen molar-refractivity contribution >= 4 is 12.1 Å². The summed E-state index contributed by atoms with van der Waals surface area (Å²) in [4.78, 5) is 17.3. The topological polar surface area (TPSA) is 62.7 Å². The number of benzene rings is 1. The summed E-state index contributed by atoms with van der Waals surface area (Å²) >= 11 is 0. The molecule has 3 rings (SSSR count). The molecule has 1 aromatic carbocycles. The third-order valence-corrected chi connectivity index (χ3v) is 3.84. The van der Waals surface area contributed by atoms with E-state index in [0.29, 0.717) is 37.4 Å². The lowest BCUT2D eigenvalue weighted by Gasteiger charge is -2.20. The van der Waals surface area contributed by atoms with Crippen LogP contribution in [0.2, 0.25) is 0 Å². The molecule has 2 aromatic rings. The van der Waals surface area contributed by atoms with Crippen LogP contribution in [0.25, 0.3) is 0 Å². The number of ether oxygens (including phenoxy) is 1. The van der Waals surface area contributed by atoms with Gasteiger partial charge in [0.15, 0.2) is 6.29 Å². The van der Waals surface area contributed by atoms with E-state index in [-0.39, 0.29) is 17.9 Å². The van der Waals surface area contributed by atoms with Crippen molar-refractivity contribution in [3.63, 3.8) is 0 Å². The lowest BCUT2D eigenvalue weighted by atomic mass is 10.2. The van der Waals surface area contributed by atoms with Gasteiger partial charge in [0.2, 0.25) is 0 Å². The lowest BCUT2D eigenvalue weighted by Crippen LogP contribution is -2.23. The highest BCUT2D eigenvalue weighted by molar-refractivity contribution is 5.83. The number of hydrogen-bond donors (Lipinski definition) is 1. The molecule has 23 heavy (non-hydrogen) atoms. The van der Waals surface area contributed by atoms with Crippen molar-refractivity contribution < 1.29 is 19.0 Å². The normalized spacial score (nSPS) is 17.3. The van der Waals surface area contributed by atoms with Crippen LogP contribution in [-0.2, 0) is 6.61 Å². The first-order valence-corrected chi connectivity index (χ1v) is 7.42. The summed E-state index contributed by atoms with van der Waals surface area (Å²) in [5.74, 6) is 0.878. The zero-order chi connectivity index (χ0) is 16.2. The largest absolute Gasteiger partial charge is 0.507 e. The Morgan fingerprint density at radius 1 is 1.39 bits per heavy atom. The van der Waals surface area contributed by atoms with Gasteiger partial charge in [-0.25, -0.2) is 9.37 Å². The number of pyridine rings is 1. The second-order valence-corrected chi connectivity index (χ2v) is 5.41. The van der Waals surface area contributed by atoms with E-state index >= 15 is 0 Å². The molecule has 1 aliphatic rings. The molecule has 0 bridgehead atoms. The highest BCUT2D eigenvalue weighted by Gasteiger charge is 2.24. The number of aldehydes is 1. The predicted octanol–water partition coefficient (Wildman–Crippen LogP) is 2.73. The number of anilines is 1. The number of rotatable bonds is 5. The van der Waals surface area contributed by atoms with Gasteiger partial charge in [-0.05, 0) is 24.6 Å². The molecule has 120 valence electrons. The molecule has 1 aliphatic heterocycles. The van der Waals surface area contributed by atoms with Gasteiger partial charge in [0.25, 0.3) is 0 Å². The van der Waals surface area contributed by atoms with E-state index in [9.17, 15) is 14.3 Å². The van der Waals surface area contributed by atoms with Crippen LogP contribution >= 0.6 is 0 Å². The number of phenols is 1. The molecular formula is C17H17FN2O3. The second-order valence-electron chi connectivity index (χ2n) is 5.41.